The Morgan fingerprint density at radius 2 is 1.87 bits per heavy atom. The summed E-state index contributed by atoms with van der Waals surface area (Å²) in [5, 5.41) is 21.6. The molecule has 11 heteroatoms. The topological polar surface area (TPSA) is 134 Å². The molecule has 1 fully saturated rings. The maximum Gasteiger partial charge on any atom is 0.270 e. The number of aromatic nitrogens is 3. The van der Waals surface area contributed by atoms with Crippen molar-refractivity contribution in [3.05, 3.63) is 75.9 Å². The van der Waals surface area contributed by atoms with Gasteiger partial charge in [-0.2, -0.15) is 9.40 Å². The number of non-ortho nitro benzene ring substituents is 1. The van der Waals surface area contributed by atoms with E-state index in [4.69, 9.17) is 0 Å². The lowest BCUT2D eigenvalue weighted by Crippen LogP contribution is -2.29. The van der Waals surface area contributed by atoms with Crippen LogP contribution in [0.5, 0.6) is 0 Å². The molecule has 4 rings (SSSR count). The average molecular weight is 443 g/mol. The number of H-pyrrole nitrogens is 1. The maximum absolute atomic E-state index is 13.3. The molecule has 1 atom stereocenters. The zero-order valence-corrected chi connectivity index (χ0v) is 17.7. The largest absolute Gasteiger partial charge is 0.370 e. The molecule has 2 aromatic carbocycles. The number of aromatic amines is 1. The molecule has 0 amide bonds. The molecule has 0 unspecified atom stereocenters. The van der Waals surface area contributed by atoms with E-state index in [9.17, 15) is 18.5 Å². The van der Waals surface area contributed by atoms with E-state index in [0.717, 1.165) is 24.5 Å². The molecule has 2 N–H and O–H groups in total. The zero-order chi connectivity index (χ0) is 22.0. The molecule has 0 spiro atoms. The zero-order valence-electron chi connectivity index (χ0n) is 16.9. The standard InChI is InChI=1S/C20H22N6O4S/c1-14-21-20(24-23-14)19(15-7-3-2-4-8-15)22-17-10-9-16(26(27)28)13-18(17)31(29,30)25-11-5-6-12-25/h2-4,7-10,13,19,22H,5-6,11-12H2,1H3,(H,21,23,24)/t19-/m0/s1. The second kappa shape index (κ2) is 8.44. The van der Waals surface area contributed by atoms with Gasteiger partial charge in [-0.05, 0) is 31.4 Å². The van der Waals surface area contributed by atoms with Gasteiger partial charge in [-0.1, -0.05) is 30.3 Å². The van der Waals surface area contributed by atoms with Crippen LogP contribution >= 0.6 is 0 Å². The van der Waals surface area contributed by atoms with Crippen LogP contribution in [0.3, 0.4) is 0 Å². The highest BCUT2D eigenvalue weighted by atomic mass is 32.2. The van der Waals surface area contributed by atoms with Crippen LogP contribution in [-0.4, -0.2) is 45.9 Å². The first-order valence-electron chi connectivity index (χ1n) is 9.85. The fraction of sp³-hybridized carbons (Fsp3) is 0.300. The van der Waals surface area contributed by atoms with E-state index in [-0.39, 0.29) is 16.3 Å². The van der Waals surface area contributed by atoms with Crippen molar-refractivity contribution in [1.29, 1.82) is 0 Å². The Bertz CT molecular complexity index is 1190. The van der Waals surface area contributed by atoms with E-state index in [1.54, 1.807) is 6.92 Å². The minimum Gasteiger partial charge on any atom is -0.370 e. The number of hydrogen-bond acceptors (Lipinski definition) is 7. The second-order valence-electron chi connectivity index (χ2n) is 7.32. The molecule has 2 heterocycles. The van der Waals surface area contributed by atoms with Crippen LogP contribution in [0.2, 0.25) is 0 Å². The van der Waals surface area contributed by atoms with Gasteiger partial charge >= 0.3 is 0 Å². The van der Waals surface area contributed by atoms with Gasteiger partial charge in [0.15, 0.2) is 5.82 Å². The second-order valence-corrected chi connectivity index (χ2v) is 9.22. The molecule has 1 aromatic heterocycles. The maximum atomic E-state index is 13.3. The predicted molar refractivity (Wildman–Crippen MR) is 114 cm³/mol. The van der Waals surface area contributed by atoms with Crippen molar-refractivity contribution in [2.75, 3.05) is 18.4 Å². The van der Waals surface area contributed by atoms with E-state index < -0.39 is 21.0 Å². The van der Waals surface area contributed by atoms with Gasteiger partial charge in [0.2, 0.25) is 10.0 Å². The Hall–Kier alpha value is -3.31. The summed E-state index contributed by atoms with van der Waals surface area (Å²) in [5.41, 5.74) is 0.798. The minimum atomic E-state index is -3.91. The number of nitro groups is 1. The number of nitrogens with zero attached hydrogens (tertiary/aromatic N) is 4. The lowest BCUT2D eigenvalue weighted by atomic mass is 10.1. The van der Waals surface area contributed by atoms with Crippen LogP contribution in [0.4, 0.5) is 11.4 Å². The molecule has 0 saturated carbocycles. The van der Waals surface area contributed by atoms with Gasteiger partial charge in [-0.15, -0.1) is 0 Å². The smallest absolute Gasteiger partial charge is 0.270 e. The Balaban J connectivity index is 1.81. The number of rotatable bonds is 7. The van der Waals surface area contributed by atoms with Crippen LogP contribution in [0.1, 0.15) is 36.1 Å². The van der Waals surface area contributed by atoms with E-state index in [0.29, 0.717) is 24.7 Å². The first-order chi connectivity index (χ1) is 14.9. The summed E-state index contributed by atoms with van der Waals surface area (Å²) in [6.07, 6.45) is 1.53. The average Bonchev–Trinajstić information content (AvgIpc) is 3.45. The van der Waals surface area contributed by atoms with Crippen molar-refractivity contribution in [1.82, 2.24) is 19.5 Å². The SMILES string of the molecule is Cc1nc([C@@H](Nc2ccc([N+](=O)[O-])cc2S(=O)(=O)N2CCCC2)c2ccccc2)n[nH]1. The van der Waals surface area contributed by atoms with Gasteiger partial charge in [-0.3, -0.25) is 15.2 Å². The lowest BCUT2D eigenvalue weighted by Gasteiger charge is -2.22. The van der Waals surface area contributed by atoms with Crippen molar-refractivity contribution in [2.45, 2.75) is 30.7 Å². The van der Waals surface area contributed by atoms with E-state index >= 15 is 0 Å². The highest BCUT2D eigenvalue weighted by molar-refractivity contribution is 7.89. The quantitative estimate of drug-likeness (QED) is 0.424. The highest BCUT2D eigenvalue weighted by Crippen LogP contribution is 2.34. The summed E-state index contributed by atoms with van der Waals surface area (Å²) >= 11 is 0. The number of nitrogens with one attached hydrogen (secondary N) is 2. The fourth-order valence-electron chi connectivity index (χ4n) is 3.61. The van der Waals surface area contributed by atoms with Gasteiger partial charge in [0.1, 0.15) is 16.8 Å². The van der Waals surface area contributed by atoms with E-state index in [2.05, 4.69) is 20.5 Å². The van der Waals surface area contributed by atoms with Crippen LogP contribution in [0, 0.1) is 17.0 Å². The van der Waals surface area contributed by atoms with Gasteiger partial charge in [0, 0.05) is 25.2 Å². The number of sulfonamides is 1. The Labute approximate surface area is 179 Å². The number of hydrogen-bond donors (Lipinski definition) is 2. The highest BCUT2D eigenvalue weighted by Gasteiger charge is 2.32. The molecule has 0 bridgehead atoms. The number of nitro benzene ring substituents is 1. The molecule has 162 valence electrons. The van der Waals surface area contributed by atoms with Crippen LogP contribution < -0.4 is 5.32 Å². The summed E-state index contributed by atoms with van der Waals surface area (Å²) in [6, 6.07) is 12.6. The molecule has 31 heavy (non-hydrogen) atoms. The Morgan fingerprint density at radius 3 is 2.48 bits per heavy atom. The normalized spacial score (nSPS) is 15.6. The fourth-order valence-corrected chi connectivity index (χ4v) is 5.30. The number of benzene rings is 2. The summed E-state index contributed by atoms with van der Waals surface area (Å²) in [4.78, 5) is 15.0. The van der Waals surface area contributed by atoms with Crippen molar-refractivity contribution in [3.8, 4) is 0 Å². The number of anilines is 1. The Kier molecular flexibility index (Phi) is 5.70. The van der Waals surface area contributed by atoms with E-state index in [1.165, 1.54) is 16.4 Å². The molecule has 0 radical (unpaired) electrons. The third-order valence-corrected chi connectivity index (χ3v) is 7.10. The summed E-state index contributed by atoms with van der Waals surface area (Å²) in [6.45, 7) is 2.56. The van der Waals surface area contributed by atoms with E-state index in [1.807, 2.05) is 30.3 Å². The third kappa shape index (κ3) is 4.28. The first-order valence-corrected chi connectivity index (χ1v) is 11.3. The number of aryl methyl sites for hydroxylation is 1. The van der Waals surface area contributed by atoms with Gasteiger partial charge in [0.05, 0.1) is 10.6 Å². The van der Waals surface area contributed by atoms with Gasteiger partial charge < -0.3 is 5.32 Å². The van der Waals surface area contributed by atoms with Crippen LogP contribution in [0.25, 0.3) is 0 Å². The van der Waals surface area contributed by atoms with Crippen molar-refractivity contribution < 1.29 is 13.3 Å². The van der Waals surface area contributed by atoms with Crippen molar-refractivity contribution in [2.24, 2.45) is 0 Å². The minimum absolute atomic E-state index is 0.128. The first kappa shape index (κ1) is 20.9. The van der Waals surface area contributed by atoms with Crippen molar-refractivity contribution >= 4 is 21.4 Å². The summed E-state index contributed by atoms with van der Waals surface area (Å²) < 4.78 is 28.0. The summed E-state index contributed by atoms with van der Waals surface area (Å²) in [7, 11) is -3.91. The predicted octanol–water partition coefficient (Wildman–Crippen LogP) is 3.01. The molecule has 1 aliphatic rings. The van der Waals surface area contributed by atoms with Crippen molar-refractivity contribution in [3.63, 3.8) is 0 Å². The summed E-state index contributed by atoms with van der Waals surface area (Å²) in [5.74, 6) is 1.05. The molecule has 1 aliphatic heterocycles. The lowest BCUT2D eigenvalue weighted by molar-refractivity contribution is -0.385. The Morgan fingerprint density at radius 1 is 1.16 bits per heavy atom. The van der Waals surface area contributed by atoms with Gasteiger partial charge in [-0.25, -0.2) is 13.4 Å². The molecule has 3 aromatic rings. The van der Waals surface area contributed by atoms with Gasteiger partial charge in [0.25, 0.3) is 5.69 Å². The molecule has 10 nitrogen and oxygen atoms in total. The van der Waals surface area contributed by atoms with Crippen LogP contribution in [0.15, 0.2) is 53.4 Å². The van der Waals surface area contributed by atoms with Crippen LogP contribution in [-0.2, 0) is 10.0 Å². The molecule has 1 saturated heterocycles. The molecular weight excluding hydrogens is 420 g/mol. The third-order valence-electron chi connectivity index (χ3n) is 5.16. The molecule has 0 aliphatic carbocycles. The molecular formula is C20H22N6O4S. The monoisotopic (exact) mass is 442 g/mol.